The highest BCUT2D eigenvalue weighted by atomic mass is 16.6. The van der Waals surface area contributed by atoms with E-state index in [2.05, 4.69) is 5.32 Å². The van der Waals surface area contributed by atoms with Gasteiger partial charge in [-0.25, -0.2) is 4.79 Å². The number of hydrogen-bond acceptors (Lipinski definition) is 5. The summed E-state index contributed by atoms with van der Waals surface area (Å²) in [6, 6.07) is 7.05. The van der Waals surface area contributed by atoms with Crippen molar-refractivity contribution in [1.29, 1.82) is 0 Å². The topological polar surface area (TPSA) is 93.9 Å². The van der Waals surface area contributed by atoms with E-state index in [1.807, 2.05) is 0 Å². The second-order valence-corrected chi connectivity index (χ2v) is 4.37. The van der Waals surface area contributed by atoms with Gasteiger partial charge in [-0.3, -0.25) is 9.69 Å². The van der Waals surface area contributed by atoms with Gasteiger partial charge in [-0.1, -0.05) is 12.1 Å². The Morgan fingerprint density at radius 2 is 2.30 bits per heavy atom. The molecule has 1 unspecified atom stereocenters. The van der Waals surface area contributed by atoms with Gasteiger partial charge in [0.2, 0.25) is 5.91 Å². The predicted molar refractivity (Wildman–Crippen MR) is 72.5 cm³/mol. The van der Waals surface area contributed by atoms with Gasteiger partial charge in [-0.15, -0.1) is 0 Å². The first-order valence-electron chi connectivity index (χ1n) is 6.22. The summed E-state index contributed by atoms with van der Waals surface area (Å²) in [5, 5.41) is 2.70. The fraction of sp³-hybridized carbons (Fsp3) is 0.385. The Morgan fingerprint density at radius 1 is 1.55 bits per heavy atom. The number of methoxy groups -OCH3 is 1. The first-order valence-corrected chi connectivity index (χ1v) is 6.22. The Morgan fingerprint density at radius 3 is 2.95 bits per heavy atom. The molecule has 0 spiro atoms. The number of nitrogens with two attached hydrogens (primary N) is 1. The molecule has 20 heavy (non-hydrogen) atoms. The van der Waals surface area contributed by atoms with E-state index >= 15 is 0 Å². The summed E-state index contributed by atoms with van der Waals surface area (Å²) in [6.45, 7) is 0.498. The molecule has 1 fully saturated rings. The quantitative estimate of drug-likeness (QED) is 0.814. The molecule has 1 atom stereocenters. The smallest absolute Gasteiger partial charge is 0.410 e. The maximum absolute atomic E-state index is 11.9. The summed E-state index contributed by atoms with van der Waals surface area (Å²) in [5.41, 5.74) is 5.99. The maximum Gasteiger partial charge on any atom is 0.410 e. The number of para-hydroxylation sites is 2. The van der Waals surface area contributed by atoms with Crippen molar-refractivity contribution in [1.82, 2.24) is 4.90 Å². The van der Waals surface area contributed by atoms with Gasteiger partial charge < -0.3 is 20.5 Å². The molecule has 0 bridgehead atoms. The third kappa shape index (κ3) is 3.18. The Bertz CT molecular complexity index is 506. The number of hydrogen-bond donors (Lipinski definition) is 2. The standard InChI is InChI=1S/C13H17N3O4/c1-19-11-5-3-2-4-10(11)15-12(17)8-16-7-9(6-14)20-13(16)18/h2-5,9H,6-8,14H2,1H3,(H,15,17). The van der Waals surface area contributed by atoms with Crippen LogP contribution in [0.3, 0.4) is 0 Å². The largest absolute Gasteiger partial charge is 0.495 e. The van der Waals surface area contributed by atoms with Crippen LogP contribution in [0, 0.1) is 0 Å². The number of benzene rings is 1. The van der Waals surface area contributed by atoms with Gasteiger partial charge in [0.05, 0.1) is 19.3 Å². The van der Waals surface area contributed by atoms with Crippen LogP contribution in [0.4, 0.5) is 10.5 Å². The molecular weight excluding hydrogens is 262 g/mol. The van der Waals surface area contributed by atoms with Gasteiger partial charge in [-0.2, -0.15) is 0 Å². The van der Waals surface area contributed by atoms with Crippen molar-refractivity contribution >= 4 is 17.7 Å². The summed E-state index contributed by atoms with van der Waals surface area (Å²) in [4.78, 5) is 24.7. The minimum atomic E-state index is -0.518. The molecule has 2 rings (SSSR count). The molecule has 1 aromatic carbocycles. The Hall–Kier alpha value is -2.28. The molecule has 1 aliphatic heterocycles. The first-order chi connectivity index (χ1) is 9.63. The van der Waals surface area contributed by atoms with Gasteiger partial charge in [-0.05, 0) is 12.1 Å². The molecule has 2 amide bonds. The van der Waals surface area contributed by atoms with Gasteiger partial charge in [0.25, 0.3) is 0 Å². The number of nitrogens with zero attached hydrogens (tertiary/aromatic N) is 1. The van der Waals surface area contributed by atoms with Crippen LogP contribution in [-0.4, -0.2) is 49.7 Å². The fourth-order valence-electron chi connectivity index (χ4n) is 1.94. The maximum atomic E-state index is 11.9. The molecule has 0 radical (unpaired) electrons. The van der Waals surface area contributed by atoms with Crippen LogP contribution in [-0.2, 0) is 9.53 Å². The SMILES string of the molecule is COc1ccccc1NC(=O)CN1CC(CN)OC1=O. The lowest BCUT2D eigenvalue weighted by molar-refractivity contribution is -0.116. The van der Waals surface area contributed by atoms with Crippen LogP contribution in [0.15, 0.2) is 24.3 Å². The molecule has 1 aliphatic rings. The van der Waals surface area contributed by atoms with Gasteiger partial charge in [0, 0.05) is 6.54 Å². The van der Waals surface area contributed by atoms with Crippen LogP contribution < -0.4 is 15.8 Å². The van der Waals surface area contributed by atoms with Crippen LogP contribution in [0.1, 0.15) is 0 Å². The van der Waals surface area contributed by atoms with E-state index in [9.17, 15) is 9.59 Å². The van der Waals surface area contributed by atoms with Crippen molar-refractivity contribution in [3.8, 4) is 5.75 Å². The lowest BCUT2D eigenvalue weighted by atomic mass is 10.3. The molecule has 0 aromatic heterocycles. The van der Waals surface area contributed by atoms with Crippen LogP contribution >= 0.6 is 0 Å². The zero-order chi connectivity index (χ0) is 14.5. The highest BCUT2D eigenvalue weighted by Crippen LogP contribution is 2.23. The van der Waals surface area contributed by atoms with Crippen molar-refractivity contribution in [2.75, 3.05) is 32.1 Å². The van der Waals surface area contributed by atoms with Gasteiger partial charge >= 0.3 is 6.09 Å². The number of ether oxygens (including phenoxy) is 2. The zero-order valence-electron chi connectivity index (χ0n) is 11.2. The van der Waals surface area contributed by atoms with E-state index in [1.165, 1.54) is 12.0 Å². The third-order valence-electron chi connectivity index (χ3n) is 2.93. The van der Waals surface area contributed by atoms with Gasteiger partial charge in [0.1, 0.15) is 18.4 Å². The Kier molecular flexibility index (Phi) is 4.41. The molecule has 1 saturated heterocycles. The average Bonchev–Trinajstić information content (AvgIpc) is 2.80. The molecule has 7 heteroatoms. The Balaban J connectivity index is 1.94. The molecule has 1 heterocycles. The van der Waals surface area contributed by atoms with E-state index in [0.717, 1.165) is 0 Å². The normalized spacial score (nSPS) is 17.8. The summed E-state index contributed by atoms with van der Waals surface area (Å²) >= 11 is 0. The Labute approximate surface area is 116 Å². The highest BCUT2D eigenvalue weighted by molar-refractivity contribution is 5.95. The minimum Gasteiger partial charge on any atom is -0.495 e. The number of amides is 2. The van der Waals surface area contributed by atoms with E-state index in [4.69, 9.17) is 15.2 Å². The molecule has 0 aliphatic carbocycles. The van der Waals surface area contributed by atoms with Crippen molar-refractivity contribution in [3.63, 3.8) is 0 Å². The summed E-state index contributed by atoms with van der Waals surface area (Å²) < 4.78 is 10.1. The highest BCUT2D eigenvalue weighted by Gasteiger charge is 2.31. The summed E-state index contributed by atoms with van der Waals surface area (Å²) in [6.07, 6.45) is -0.864. The minimum absolute atomic E-state index is 0.0760. The van der Waals surface area contributed by atoms with E-state index in [0.29, 0.717) is 18.0 Å². The van der Waals surface area contributed by atoms with E-state index in [-0.39, 0.29) is 25.1 Å². The fourth-order valence-corrected chi connectivity index (χ4v) is 1.94. The number of rotatable bonds is 5. The number of carbonyl (C=O) groups is 2. The summed E-state index contributed by atoms with van der Waals surface area (Å²) in [7, 11) is 1.52. The molecule has 7 nitrogen and oxygen atoms in total. The number of carbonyl (C=O) groups excluding carboxylic acids is 2. The first kappa shape index (κ1) is 14.1. The number of anilines is 1. The molecule has 0 saturated carbocycles. The molecular formula is C13H17N3O4. The van der Waals surface area contributed by atoms with Crippen LogP contribution in [0.25, 0.3) is 0 Å². The lowest BCUT2D eigenvalue weighted by Crippen LogP contribution is -2.35. The van der Waals surface area contributed by atoms with Crippen LogP contribution in [0.5, 0.6) is 5.75 Å². The predicted octanol–water partition coefficient (Wildman–Crippen LogP) is 0.413. The second kappa shape index (κ2) is 6.25. The summed E-state index contributed by atoms with van der Waals surface area (Å²) in [5.74, 6) is 0.244. The van der Waals surface area contributed by atoms with Crippen molar-refractivity contribution in [2.24, 2.45) is 5.73 Å². The molecule has 3 N–H and O–H groups in total. The molecule has 108 valence electrons. The van der Waals surface area contributed by atoms with Crippen molar-refractivity contribution in [2.45, 2.75) is 6.10 Å². The van der Waals surface area contributed by atoms with Gasteiger partial charge in [0.15, 0.2) is 0 Å². The zero-order valence-corrected chi connectivity index (χ0v) is 11.2. The molecule has 1 aromatic rings. The van der Waals surface area contributed by atoms with Crippen molar-refractivity contribution in [3.05, 3.63) is 24.3 Å². The third-order valence-corrected chi connectivity index (χ3v) is 2.93. The van der Waals surface area contributed by atoms with E-state index in [1.54, 1.807) is 24.3 Å². The number of nitrogens with one attached hydrogen (secondary N) is 1. The monoisotopic (exact) mass is 279 g/mol. The lowest BCUT2D eigenvalue weighted by Gasteiger charge is -2.14. The number of cyclic esters (lactones) is 1. The average molecular weight is 279 g/mol. The second-order valence-electron chi connectivity index (χ2n) is 4.37. The van der Waals surface area contributed by atoms with Crippen molar-refractivity contribution < 1.29 is 19.1 Å². The van der Waals surface area contributed by atoms with E-state index < -0.39 is 6.09 Å². The van der Waals surface area contributed by atoms with Crippen LogP contribution in [0.2, 0.25) is 0 Å².